The van der Waals surface area contributed by atoms with Crippen LogP contribution in [0.4, 0.5) is 4.79 Å². The number of benzene rings is 4. The third kappa shape index (κ3) is 6.70. The van der Waals surface area contributed by atoms with E-state index in [1.54, 1.807) is 4.90 Å². The van der Waals surface area contributed by atoms with Gasteiger partial charge in [0.2, 0.25) is 5.91 Å². The second-order valence-electron chi connectivity index (χ2n) is 14.9. The number of aromatic nitrogens is 4. The SMILES string of the molecule is CC(C)(C)OC(=O)N1CCC[C@H]1c1nc(-c2ccc(-c3ccc(-c4c[nH]c([C@@H]5CCCN5C(=O)Cc5ccccc5)n4)cc3)c3ccccc23)c[nH]1. The van der Waals surface area contributed by atoms with E-state index in [0.717, 1.165) is 93.9 Å². The van der Waals surface area contributed by atoms with Crippen LogP contribution in [0.1, 0.15) is 75.8 Å². The minimum absolute atomic E-state index is 0.0400. The highest BCUT2D eigenvalue weighted by atomic mass is 16.6. The highest BCUT2D eigenvalue weighted by Crippen LogP contribution is 2.38. The number of carbonyl (C=O) groups excluding carboxylic acids is 2. The Balaban J connectivity index is 1.01. The first-order valence-electron chi connectivity index (χ1n) is 18.3. The number of hydrogen-bond donors (Lipinski definition) is 2. The van der Waals surface area contributed by atoms with Crippen molar-refractivity contribution in [3.63, 3.8) is 0 Å². The van der Waals surface area contributed by atoms with Crippen LogP contribution in [0.15, 0.2) is 103 Å². The van der Waals surface area contributed by atoms with Gasteiger partial charge in [-0.2, -0.15) is 0 Å². The average Bonchev–Trinajstić information content (AvgIpc) is 3.98. The molecule has 2 fully saturated rings. The van der Waals surface area contributed by atoms with Crippen LogP contribution < -0.4 is 0 Å². The van der Waals surface area contributed by atoms with Crippen LogP contribution in [0.25, 0.3) is 44.4 Å². The predicted molar refractivity (Wildman–Crippen MR) is 203 cm³/mol. The Kier molecular flexibility index (Phi) is 8.87. The summed E-state index contributed by atoms with van der Waals surface area (Å²) in [7, 11) is 0. The van der Waals surface area contributed by atoms with Gasteiger partial charge in [-0.1, -0.05) is 91.0 Å². The van der Waals surface area contributed by atoms with Gasteiger partial charge in [-0.25, -0.2) is 14.8 Å². The molecule has 9 nitrogen and oxygen atoms in total. The number of ether oxygens (including phenoxy) is 1. The van der Waals surface area contributed by atoms with Gasteiger partial charge in [-0.05, 0) is 73.9 Å². The van der Waals surface area contributed by atoms with Crippen LogP contribution in [0.5, 0.6) is 0 Å². The lowest BCUT2D eigenvalue weighted by Gasteiger charge is -2.27. The average molecular weight is 693 g/mol. The molecule has 0 unspecified atom stereocenters. The molecule has 6 aromatic rings. The molecule has 0 bridgehead atoms. The van der Waals surface area contributed by atoms with Gasteiger partial charge in [-0.15, -0.1) is 0 Å². The highest BCUT2D eigenvalue weighted by Gasteiger charge is 2.35. The predicted octanol–water partition coefficient (Wildman–Crippen LogP) is 9.27. The zero-order valence-electron chi connectivity index (χ0n) is 29.9. The molecule has 4 heterocycles. The fraction of sp³-hybridized carbons (Fsp3) is 0.302. The number of rotatable bonds is 7. The molecule has 264 valence electrons. The van der Waals surface area contributed by atoms with Gasteiger partial charge in [0, 0.05) is 36.6 Å². The molecular weight excluding hydrogens is 649 g/mol. The Labute approximate surface area is 304 Å². The molecule has 2 aliphatic rings. The number of aromatic amines is 2. The second kappa shape index (κ2) is 13.8. The van der Waals surface area contributed by atoms with E-state index < -0.39 is 5.60 Å². The van der Waals surface area contributed by atoms with Crippen molar-refractivity contribution in [2.75, 3.05) is 13.1 Å². The monoisotopic (exact) mass is 692 g/mol. The first kappa shape index (κ1) is 33.4. The van der Waals surface area contributed by atoms with Crippen molar-refractivity contribution >= 4 is 22.8 Å². The molecule has 2 aromatic heterocycles. The lowest BCUT2D eigenvalue weighted by atomic mass is 9.93. The number of nitrogens with zero attached hydrogens (tertiary/aromatic N) is 4. The van der Waals surface area contributed by atoms with E-state index in [9.17, 15) is 9.59 Å². The van der Waals surface area contributed by atoms with Crippen LogP contribution in [0, 0.1) is 0 Å². The maximum atomic E-state index is 13.2. The van der Waals surface area contributed by atoms with Gasteiger partial charge in [0.15, 0.2) is 0 Å². The fourth-order valence-corrected chi connectivity index (χ4v) is 7.71. The molecule has 2 atom stereocenters. The number of hydrogen-bond acceptors (Lipinski definition) is 5. The van der Waals surface area contributed by atoms with E-state index in [1.165, 1.54) is 0 Å². The molecule has 9 heteroatoms. The van der Waals surface area contributed by atoms with Gasteiger partial charge in [-0.3, -0.25) is 9.69 Å². The topological polar surface area (TPSA) is 107 Å². The normalized spacial score (nSPS) is 17.6. The fourth-order valence-electron chi connectivity index (χ4n) is 7.71. The second-order valence-corrected chi connectivity index (χ2v) is 14.9. The molecule has 0 saturated carbocycles. The van der Waals surface area contributed by atoms with Gasteiger partial charge < -0.3 is 19.6 Å². The third-order valence-electron chi connectivity index (χ3n) is 10.2. The number of amides is 2. The van der Waals surface area contributed by atoms with Gasteiger partial charge in [0.05, 0.1) is 29.9 Å². The van der Waals surface area contributed by atoms with Crippen LogP contribution in [-0.4, -0.2) is 60.4 Å². The number of imidazole rings is 2. The number of likely N-dealkylation sites (tertiary alicyclic amines) is 2. The maximum Gasteiger partial charge on any atom is 0.410 e. The van der Waals surface area contributed by atoms with Crippen LogP contribution in [0.2, 0.25) is 0 Å². The van der Waals surface area contributed by atoms with E-state index in [-0.39, 0.29) is 24.1 Å². The Morgan fingerprint density at radius 2 is 1.25 bits per heavy atom. The van der Waals surface area contributed by atoms with Gasteiger partial charge in [0.25, 0.3) is 0 Å². The third-order valence-corrected chi connectivity index (χ3v) is 10.2. The first-order chi connectivity index (χ1) is 25.2. The summed E-state index contributed by atoms with van der Waals surface area (Å²) in [6, 6.07) is 31.0. The van der Waals surface area contributed by atoms with Crippen molar-refractivity contribution in [3.05, 3.63) is 121 Å². The summed E-state index contributed by atoms with van der Waals surface area (Å²) in [5.41, 5.74) is 6.49. The van der Waals surface area contributed by atoms with E-state index in [4.69, 9.17) is 14.7 Å². The molecule has 0 aliphatic carbocycles. The number of fused-ring (bicyclic) bond motifs is 1. The zero-order valence-corrected chi connectivity index (χ0v) is 29.9. The number of H-pyrrole nitrogens is 2. The quantitative estimate of drug-likeness (QED) is 0.173. The first-order valence-corrected chi connectivity index (χ1v) is 18.3. The van der Waals surface area contributed by atoms with Crippen molar-refractivity contribution < 1.29 is 14.3 Å². The maximum absolute atomic E-state index is 13.2. The van der Waals surface area contributed by atoms with E-state index >= 15 is 0 Å². The van der Waals surface area contributed by atoms with Crippen molar-refractivity contribution in [3.8, 4) is 33.6 Å². The van der Waals surface area contributed by atoms with Crippen molar-refractivity contribution in [2.24, 2.45) is 0 Å². The minimum atomic E-state index is -0.550. The summed E-state index contributed by atoms with van der Waals surface area (Å²) in [5.74, 6) is 1.76. The summed E-state index contributed by atoms with van der Waals surface area (Å²) in [4.78, 5) is 46.7. The molecule has 52 heavy (non-hydrogen) atoms. The summed E-state index contributed by atoms with van der Waals surface area (Å²) in [6.45, 7) is 7.08. The molecule has 0 radical (unpaired) electrons. The zero-order chi connectivity index (χ0) is 35.8. The highest BCUT2D eigenvalue weighted by molar-refractivity contribution is 6.04. The number of carbonyl (C=O) groups is 2. The molecule has 0 spiro atoms. The van der Waals surface area contributed by atoms with Crippen LogP contribution >= 0.6 is 0 Å². The minimum Gasteiger partial charge on any atom is -0.444 e. The summed E-state index contributed by atoms with van der Waals surface area (Å²) in [6.07, 6.45) is 7.62. The van der Waals surface area contributed by atoms with E-state index in [0.29, 0.717) is 13.0 Å². The van der Waals surface area contributed by atoms with Gasteiger partial charge in [0.1, 0.15) is 17.2 Å². The Morgan fingerprint density at radius 3 is 1.94 bits per heavy atom. The summed E-state index contributed by atoms with van der Waals surface area (Å²) in [5, 5.41) is 2.24. The Morgan fingerprint density at radius 1 is 0.692 bits per heavy atom. The van der Waals surface area contributed by atoms with Crippen molar-refractivity contribution in [1.82, 2.24) is 29.7 Å². The Bertz CT molecular complexity index is 2220. The molecule has 8 rings (SSSR count). The van der Waals surface area contributed by atoms with Crippen LogP contribution in [-0.2, 0) is 16.0 Å². The Hall–Kier alpha value is -5.70. The molecule has 4 aromatic carbocycles. The van der Waals surface area contributed by atoms with Crippen molar-refractivity contribution in [1.29, 1.82) is 0 Å². The van der Waals surface area contributed by atoms with E-state index in [1.807, 2.05) is 68.4 Å². The smallest absolute Gasteiger partial charge is 0.410 e. The van der Waals surface area contributed by atoms with E-state index in [2.05, 4.69) is 70.6 Å². The standard InChI is InChI=1S/C43H44N6O3/c1-43(2,3)52-42(51)49-24-10-16-38(49)41-45-27-36(47-41)34-22-21-31(32-13-7-8-14-33(32)34)29-17-19-30(20-18-29)35-26-44-40(46-35)37-15-9-23-48(37)39(50)25-28-11-5-4-6-12-28/h4-8,11-14,17-22,26-27,37-38H,9-10,15-16,23-25H2,1-3H3,(H,44,46)(H,45,47)/t37-,38-/m0/s1. The van der Waals surface area contributed by atoms with Crippen LogP contribution in [0.3, 0.4) is 0 Å². The van der Waals surface area contributed by atoms with Gasteiger partial charge >= 0.3 is 6.09 Å². The summed E-state index contributed by atoms with van der Waals surface area (Å²) >= 11 is 0. The lowest BCUT2D eigenvalue weighted by molar-refractivity contribution is -0.131. The molecule has 2 saturated heterocycles. The number of nitrogens with one attached hydrogen (secondary N) is 2. The van der Waals surface area contributed by atoms with Crippen molar-refractivity contribution in [2.45, 2.75) is 70.6 Å². The lowest BCUT2D eigenvalue weighted by Crippen LogP contribution is -2.36. The largest absolute Gasteiger partial charge is 0.444 e. The molecular formula is C43H44N6O3. The molecule has 2 aliphatic heterocycles. The molecule has 2 N–H and O–H groups in total. The summed E-state index contributed by atoms with van der Waals surface area (Å²) < 4.78 is 5.69. The molecule has 2 amide bonds.